The number of hydrogen-bond donors (Lipinski definition) is 0. The van der Waals surface area contributed by atoms with Gasteiger partial charge in [-0.25, -0.2) is 0 Å². The summed E-state index contributed by atoms with van der Waals surface area (Å²) < 4.78 is 16.0. The van der Waals surface area contributed by atoms with Gasteiger partial charge >= 0.3 is 0 Å². The molecule has 1 aromatic heterocycles. The fraction of sp³-hybridized carbons (Fsp3) is 0.538. The summed E-state index contributed by atoms with van der Waals surface area (Å²) in [7, 11) is 0. The van der Waals surface area contributed by atoms with Gasteiger partial charge in [0.1, 0.15) is 5.75 Å². The van der Waals surface area contributed by atoms with Crippen LogP contribution in [0, 0.1) is 0 Å². The standard InChI is InChI=1S/C13H17NO4/c1-9(2)18-11-5-10(7-14-8-11)12(15)6-13-16-3-4-17-13/h5,7-9,13H,3-4,6H2,1-2H3. The number of nitrogens with zero attached hydrogens (tertiary/aromatic N) is 1. The maximum atomic E-state index is 12.0. The van der Waals surface area contributed by atoms with Crippen LogP contribution in [0.3, 0.4) is 0 Å². The first-order valence-corrected chi connectivity index (χ1v) is 6.03. The average Bonchev–Trinajstić information content (AvgIpc) is 2.81. The lowest BCUT2D eigenvalue weighted by atomic mass is 10.1. The molecule has 0 unspecified atom stereocenters. The molecule has 1 aliphatic heterocycles. The molecule has 0 aromatic carbocycles. The highest BCUT2D eigenvalue weighted by atomic mass is 16.7. The maximum Gasteiger partial charge on any atom is 0.169 e. The molecule has 0 radical (unpaired) electrons. The predicted octanol–water partition coefficient (Wildman–Crippen LogP) is 1.81. The van der Waals surface area contributed by atoms with E-state index in [4.69, 9.17) is 14.2 Å². The SMILES string of the molecule is CC(C)Oc1cncc(C(=O)CC2OCCO2)c1. The Morgan fingerprint density at radius 2 is 2.17 bits per heavy atom. The number of rotatable bonds is 5. The summed E-state index contributed by atoms with van der Waals surface area (Å²) in [6, 6.07) is 1.70. The number of aromatic nitrogens is 1. The van der Waals surface area contributed by atoms with E-state index in [0.717, 1.165) is 0 Å². The maximum absolute atomic E-state index is 12.0. The Hall–Kier alpha value is -1.46. The highest BCUT2D eigenvalue weighted by molar-refractivity contribution is 5.96. The first kappa shape index (κ1) is 13.0. The van der Waals surface area contributed by atoms with Crippen LogP contribution >= 0.6 is 0 Å². The van der Waals surface area contributed by atoms with E-state index in [2.05, 4.69) is 4.98 Å². The number of pyridine rings is 1. The van der Waals surface area contributed by atoms with Gasteiger partial charge in [-0.1, -0.05) is 0 Å². The number of Topliss-reactive ketones (excluding diaryl/α,β-unsaturated/α-hetero) is 1. The van der Waals surface area contributed by atoms with Crippen LogP contribution in [-0.4, -0.2) is 36.4 Å². The number of hydrogen-bond acceptors (Lipinski definition) is 5. The van der Waals surface area contributed by atoms with Gasteiger partial charge in [0.15, 0.2) is 12.1 Å². The van der Waals surface area contributed by atoms with E-state index in [9.17, 15) is 4.79 Å². The zero-order valence-electron chi connectivity index (χ0n) is 10.6. The molecule has 0 amide bonds. The zero-order chi connectivity index (χ0) is 13.0. The van der Waals surface area contributed by atoms with Crippen molar-refractivity contribution < 1.29 is 19.0 Å². The molecule has 0 bridgehead atoms. The van der Waals surface area contributed by atoms with Gasteiger partial charge < -0.3 is 14.2 Å². The fourth-order valence-corrected chi connectivity index (χ4v) is 1.70. The molecule has 0 saturated carbocycles. The molecule has 0 spiro atoms. The zero-order valence-corrected chi connectivity index (χ0v) is 10.6. The molecule has 2 rings (SSSR count). The highest BCUT2D eigenvalue weighted by Gasteiger charge is 2.21. The summed E-state index contributed by atoms with van der Waals surface area (Å²) in [5.74, 6) is 0.549. The first-order valence-electron chi connectivity index (χ1n) is 6.03. The van der Waals surface area contributed by atoms with Gasteiger partial charge in [0.2, 0.25) is 0 Å². The molecule has 5 nitrogen and oxygen atoms in total. The smallest absolute Gasteiger partial charge is 0.169 e. The van der Waals surface area contributed by atoms with E-state index in [1.807, 2.05) is 13.8 Å². The third-order valence-electron chi connectivity index (χ3n) is 2.45. The van der Waals surface area contributed by atoms with Crippen LogP contribution in [0.15, 0.2) is 18.5 Å². The molecular weight excluding hydrogens is 234 g/mol. The van der Waals surface area contributed by atoms with E-state index < -0.39 is 6.29 Å². The van der Waals surface area contributed by atoms with Gasteiger partial charge in [-0.3, -0.25) is 9.78 Å². The third kappa shape index (κ3) is 3.51. The van der Waals surface area contributed by atoms with Crippen LogP contribution in [0.25, 0.3) is 0 Å². The minimum atomic E-state index is -0.424. The molecule has 98 valence electrons. The molecule has 1 fully saturated rings. The van der Waals surface area contributed by atoms with Gasteiger partial charge in [0.25, 0.3) is 0 Å². The van der Waals surface area contributed by atoms with E-state index in [-0.39, 0.29) is 18.3 Å². The number of ether oxygens (including phenoxy) is 3. The second-order valence-corrected chi connectivity index (χ2v) is 4.37. The summed E-state index contributed by atoms with van der Waals surface area (Å²) in [5, 5.41) is 0. The fourth-order valence-electron chi connectivity index (χ4n) is 1.70. The molecule has 1 aliphatic rings. The Morgan fingerprint density at radius 1 is 1.44 bits per heavy atom. The lowest BCUT2D eigenvalue weighted by molar-refractivity contribution is -0.0407. The Kier molecular flexibility index (Phi) is 4.28. The average molecular weight is 251 g/mol. The van der Waals surface area contributed by atoms with E-state index >= 15 is 0 Å². The Balaban J connectivity index is 2.00. The predicted molar refractivity (Wildman–Crippen MR) is 64.6 cm³/mol. The van der Waals surface area contributed by atoms with E-state index in [1.54, 1.807) is 12.3 Å². The minimum absolute atomic E-state index is 0.0522. The van der Waals surface area contributed by atoms with Gasteiger partial charge in [-0.05, 0) is 19.9 Å². The summed E-state index contributed by atoms with van der Waals surface area (Å²) >= 11 is 0. The van der Waals surface area contributed by atoms with Crippen LogP contribution in [-0.2, 0) is 9.47 Å². The van der Waals surface area contributed by atoms with Crippen molar-refractivity contribution in [3.63, 3.8) is 0 Å². The van der Waals surface area contributed by atoms with Crippen LogP contribution in [0.5, 0.6) is 5.75 Å². The van der Waals surface area contributed by atoms with E-state index in [0.29, 0.717) is 24.5 Å². The second kappa shape index (κ2) is 5.93. The first-order chi connectivity index (χ1) is 8.65. The number of ketones is 1. The largest absolute Gasteiger partial charge is 0.489 e. The van der Waals surface area contributed by atoms with Gasteiger partial charge in [0, 0.05) is 11.8 Å². The van der Waals surface area contributed by atoms with E-state index in [1.165, 1.54) is 6.20 Å². The number of carbonyl (C=O) groups excluding carboxylic acids is 1. The molecular formula is C13H17NO4. The van der Waals surface area contributed by atoms with Crippen molar-refractivity contribution in [2.45, 2.75) is 32.7 Å². The molecule has 5 heteroatoms. The molecule has 2 heterocycles. The van der Waals surface area contributed by atoms with Crippen LogP contribution in [0.4, 0.5) is 0 Å². The summed E-state index contributed by atoms with van der Waals surface area (Å²) in [5.41, 5.74) is 0.521. The Morgan fingerprint density at radius 3 is 2.83 bits per heavy atom. The molecule has 18 heavy (non-hydrogen) atoms. The summed E-state index contributed by atoms with van der Waals surface area (Å²) in [4.78, 5) is 16.0. The van der Waals surface area contributed by atoms with Gasteiger partial charge in [0.05, 0.1) is 31.9 Å². The molecule has 1 saturated heterocycles. The van der Waals surface area contributed by atoms with Crippen molar-refractivity contribution in [1.82, 2.24) is 4.98 Å². The second-order valence-electron chi connectivity index (χ2n) is 4.37. The van der Waals surface area contributed by atoms with Crippen molar-refractivity contribution in [3.8, 4) is 5.75 Å². The lowest BCUT2D eigenvalue weighted by Crippen LogP contribution is -2.15. The minimum Gasteiger partial charge on any atom is -0.489 e. The van der Waals surface area contributed by atoms with Crippen molar-refractivity contribution >= 4 is 5.78 Å². The van der Waals surface area contributed by atoms with Crippen molar-refractivity contribution in [2.75, 3.05) is 13.2 Å². The van der Waals surface area contributed by atoms with Crippen LogP contribution in [0.1, 0.15) is 30.6 Å². The lowest BCUT2D eigenvalue weighted by Gasteiger charge is -2.11. The quantitative estimate of drug-likeness (QED) is 0.747. The molecule has 1 aromatic rings. The Labute approximate surface area is 106 Å². The van der Waals surface area contributed by atoms with Gasteiger partial charge in [-0.15, -0.1) is 0 Å². The van der Waals surface area contributed by atoms with Crippen LogP contribution in [0.2, 0.25) is 0 Å². The third-order valence-corrected chi connectivity index (χ3v) is 2.45. The van der Waals surface area contributed by atoms with Crippen molar-refractivity contribution in [2.24, 2.45) is 0 Å². The molecule has 0 N–H and O–H groups in total. The van der Waals surface area contributed by atoms with Crippen molar-refractivity contribution in [1.29, 1.82) is 0 Å². The normalized spacial score (nSPS) is 16.2. The Bertz CT molecular complexity index is 413. The van der Waals surface area contributed by atoms with Crippen LogP contribution < -0.4 is 4.74 Å². The highest BCUT2D eigenvalue weighted by Crippen LogP contribution is 2.17. The summed E-state index contributed by atoms with van der Waals surface area (Å²) in [6.07, 6.45) is 2.97. The molecule has 0 atom stereocenters. The van der Waals surface area contributed by atoms with Crippen molar-refractivity contribution in [3.05, 3.63) is 24.0 Å². The van der Waals surface area contributed by atoms with Gasteiger partial charge in [-0.2, -0.15) is 0 Å². The molecule has 0 aliphatic carbocycles. The number of carbonyl (C=O) groups is 1. The summed E-state index contributed by atoms with van der Waals surface area (Å²) in [6.45, 7) is 4.95. The topological polar surface area (TPSA) is 57.7 Å². The monoisotopic (exact) mass is 251 g/mol.